The van der Waals surface area contributed by atoms with Crippen LogP contribution in [0.15, 0.2) is 40.8 Å². The van der Waals surface area contributed by atoms with Crippen LogP contribution >= 0.6 is 23.6 Å². The number of rotatable bonds is 5. The van der Waals surface area contributed by atoms with E-state index in [4.69, 9.17) is 21.7 Å². The molecule has 0 unspecified atom stereocenters. The lowest BCUT2D eigenvalue weighted by Crippen LogP contribution is -2.28. The number of methoxy groups -OCH3 is 1. The van der Waals surface area contributed by atoms with Crippen LogP contribution in [0.25, 0.3) is 0 Å². The van der Waals surface area contributed by atoms with Crippen LogP contribution in [0.2, 0.25) is 0 Å². The summed E-state index contributed by atoms with van der Waals surface area (Å²) >= 11 is 6.23. The number of nitrogens with zero attached hydrogens (tertiary/aromatic N) is 1. The molecule has 8 heteroatoms. The van der Waals surface area contributed by atoms with Crippen molar-refractivity contribution in [2.24, 2.45) is 5.10 Å². The third-order valence-electron chi connectivity index (χ3n) is 2.72. The van der Waals surface area contributed by atoms with Gasteiger partial charge in [-0.2, -0.15) is 5.10 Å². The maximum atomic E-state index is 12.0. The average Bonchev–Trinajstić information content (AvgIpc) is 3.10. The lowest BCUT2D eigenvalue weighted by molar-refractivity contribution is 0.0735. The van der Waals surface area contributed by atoms with Crippen molar-refractivity contribution in [1.82, 2.24) is 10.7 Å². The van der Waals surface area contributed by atoms with E-state index in [1.54, 1.807) is 43.6 Å². The van der Waals surface area contributed by atoms with Crippen molar-refractivity contribution in [3.8, 4) is 11.5 Å². The van der Waals surface area contributed by atoms with Gasteiger partial charge in [0.2, 0.25) is 0 Å². The number of nitrogens with one attached hydrogen (secondary N) is 2. The van der Waals surface area contributed by atoms with Gasteiger partial charge in [0.05, 0.1) is 13.3 Å². The minimum atomic E-state index is -0.416. The van der Waals surface area contributed by atoms with E-state index < -0.39 is 5.97 Å². The molecule has 0 radical (unpaired) electrons. The van der Waals surface area contributed by atoms with Gasteiger partial charge in [0.1, 0.15) is 4.88 Å². The van der Waals surface area contributed by atoms with Gasteiger partial charge in [-0.3, -0.25) is 5.43 Å². The molecule has 6 nitrogen and oxygen atoms in total. The first-order chi connectivity index (χ1) is 11.1. The number of thiocarbonyl (C=S) groups is 1. The quantitative estimate of drug-likeness (QED) is 0.284. The molecule has 23 heavy (non-hydrogen) atoms. The molecule has 0 aliphatic rings. The number of thiophene rings is 1. The minimum absolute atomic E-state index is 0.349. The fourth-order valence-electron chi connectivity index (χ4n) is 1.62. The molecule has 1 heterocycles. The molecule has 0 amide bonds. The SMILES string of the molecule is CNC(=S)N/N=C\c1ccc(OC(=O)c2cccs2)c(OC)c1. The number of benzene rings is 1. The molecule has 0 aliphatic heterocycles. The highest BCUT2D eigenvalue weighted by atomic mass is 32.1. The van der Waals surface area contributed by atoms with E-state index in [-0.39, 0.29) is 0 Å². The Kier molecular flexibility index (Phi) is 6.07. The first-order valence-electron chi connectivity index (χ1n) is 6.58. The van der Waals surface area contributed by atoms with Crippen molar-refractivity contribution in [1.29, 1.82) is 0 Å². The van der Waals surface area contributed by atoms with Gasteiger partial charge in [-0.25, -0.2) is 4.79 Å². The molecule has 0 aliphatic carbocycles. The van der Waals surface area contributed by atoms with Gasteiger partial charge in [-0.1, -0.05) is 6.07 Å². The Morgan fingerprint density at radius 2 is 2.17 bits per heavy atom. The van der Waals surface area contributed by atoms with Crippen LogP contribution in [0.4, 0.5) is 0 Å². The van der Waals surface area contributed by atoms with Gasteiger partial charge in [0, 0.05) is 7.05 Å². The van der Waals surface area contributed by atoms with E-state index in [9.17, 15) is 4.79 Å². The van der Waals surface area contributed by atoms with Crippen LogP contribution in [-0.2, 0) is 0 Å². The van der Waals surface area contributed by atoms with Crippen LogP contribution in [0.3, 0.4) is 0 Å². The van der Waals surface area contributed by atoms with Crippen LogP contribution < -0.4 is 20.2 Å². The molecule has 1 aromatic carbocycles. The second-order valence-corrected chi connectivity index (χ2v) is 5.58. The molecular weight excluding hydrogens is 334 g/mol. The number of hydrazone groups is 1. The highest BCUT2D eigenvalue weighted by Gasteiger charge is 2.13. The van der Waals surface area contributed by atoms with E-state index in [2.05, 4.69) is 15.8 Å². The topological polar surface area (TPSA) is 72.0 Å². The third-order valence-corrected chi connectivity index (χ3v) is 3.86. The second-order valence-electron chi connectivity index (χ2n) is 4.23. The van der Waals surface area contributed by atoms with Crippen LogP contribution in [-0.4, -0.2) is 31.5 Å². The molecule has 120 valence electrons. The number of hydrogen-bond acceptors (Lipinski definition) is 6. The number of hydrogen-bond donors (Lipinski definition) is 2. The average molecular weight is 349 g/mol. The number of carbonyl (C=O) groups excluding carboxylic acids is 1. The second kappa shape index (κ2) is 8.25. The third kappa shape index (κ3) is 4.76. The Morgan fingerprint density at radius 3 is 2.83 bits per heavy atom. The highest BCUT2D eigenvalue weighted by molar-refractivity contribution is 7.80. The molecule has 0 saturated heterocycles. The Balaban J connectivity index is 2.10. The highest BCUT2D eigenvalue weighted by Crippen LogP contribution is 2.28. The predicted octanol–water partition coefficient (Wildman–Crippen LogP) is 2.40. The Labute approximate surface area is 143 Å². The molecule has 2 N–H and O–H groups in total. The molecule has 0 fully saturated rings. The Hall–Kier alpha value is -2.45. The zero-order chi connectivity index (χ0) is 16.7. The van der Waals surface area contributed by atoms with Crippen molar-refractivity contribution in [2.45, 2.75) is 0 Å². The monoisotopic (exact) mass is 349 g/mol. The predicted molar refractivity (Wildman–Crippen MR) is 94.7 cm³/mol. The zero-order valence-corrected chi connectivity index (χ0v) is 14.2. The van der Waals surface area contributed by atoms with Gasteiger partial charge in [0.15, 0.2) is 16.6 Å². The fourth-order valence-corrected chi connectivity index (χ4v) is 2.27. The molecule has 0 atom stereocenters. The molecule has 0 spiro atoms. The standard InChI is InChI=1S/C15H15N3O3S2/c1-16-15(22)18-17-9-10-5-6-11(12(8-10)20-2)21-14(19)13-4-3-7-23-13/h3-9H,1-2H3,(H2,16,18,22)/b17-9-. The summed E-state index contributed by atoms with van der Waals surface area (Å²) in [5.74, 6) is 0.373. The van der Waals surface area contributed by atoms with E-state index >= 15 is 0 Å². The largest absolute Gasteiger partial charge is 0.493 e. The molecule has 2 aromatic rings. The van der Waals surface area contributed by atoms with E-state index in [0.29, 0.717) is 21.5 Å². The van der Waals surface area contributed by atoms with Crippen molar-refractivity contribution in [3.05, 3.63) is 46.2 Å². The summed E-state index contributed by atoms with van der Waals surface area (Å²) in [6.07, 6.45) is 1.58. The zero-order valence-electron chi connectivity index (χ0n) is 12.5. The molecule has 1 aromatic heterocycles. The van der Waals surface area contributed by atoms with Crippen LogP contribution in [0.1, 0.15) is 15.2 Å². The number of esters is 1. The van der Waals surface area contributed by atoms with Crippen molar-refractivity contribution >= 4 is 40.9 Å². The van der Waals surface area contributed by atoms with Crippen molar-refractivity contribution in [2.75, 3.05) is 14.2 Å². The summed E-state index contributed by atoms with van der Waals surface area (Å²) < 4.78 is 10.6. The van der Waals surface area contributed by atoms with Gasteiger partial charge < -0.3 is 14.8 Å². The number of ether oxygens (including phenoxy) is 2. The maximum Gasteiger partial charge on any atom is 0.353 e. The van der Waals surface area contributed by atoms with E-state index in [1.165, 1.54) is 18.4 Å². The van der Waals surface area contributed by atoms with Crippen molar-refractivity contribution in [3.63, 3.8) is 0 Å². The lowest BCUT2D eigenvalue weighted by Gasteiger charge is -2.09. The summed E-state index contributed by atoms with van der Waals surface area (Å²) in [5, 5.41) is 8.95. The molecule has 2 rings (SSSR count). The first kappa shape index (κ1) is 16.9. The first-order valence-corrected chi connectivity index (χ1v) is 7.87. The van der Waals surface area contributed by atoms with E-state index in [1.807, 2.05) is 5.38 Å². The molecule has 0 saturated carbocycles. The number of carbonyl (C=O) groups is 1. The summed E-state index contributed by atoms with van der Waals surface area (Å²) in [6.45, 7) is 0. The minimum Gasteiger partial charge on any atom is -0.493 e. The van der Waals surface area contributed by atoms with Crippen LogP contribution in [0, 0.1) is 0 Å². The molecule has 0 bridgehead atoms. The summed E-state index contributed by atoms with van der Waals surface area (Å²) in [5.41, 5.74) is 3.42. The Bertz CT molecular complexity index is 715. The fraction of sp³-hybridized carbons (Fsp3) is 0.133. The van der Waals surface area contributed by atoms with Crippen molar-refractivity contribution < 1.29 is 14.3 Å². The van der Waals surface area contributed by atoms with Gasteiger partial charge in [-0.15, -0.1) is 11.3 Å². The summed E-state index contributed by atoms with van der Waals surface area (Å²) in [7, 11) is 3.21. The van der Waals surface area contributed by atoms with Crippen LogP contribution in [0.5, 0.6) is 11.5 Å². The van der Waals surface area contributed by atoms with Gasteiger partial charge in [-0.05, 0) is 47.4 Å². The molecular formula is C15H15N3O3S2. The van der Waals surface area contributed by atoms with Gasteiger partial charge >= 0.3 is 5.97 Å². The van der Waals surface area contributed by atoms with Gasteiger partial charge in [0.25, 0.3) is 0 Å². The summed E-state index contributed by atoms with van der Waals surface area (Å²) in [4.78, 5) is 12.5. The smallest absolute Gasteiger partial charge is 0.353 e. The lowest BCUT2D eigenvalue weighted by atomic mass is 10.2. The maximum absolute atomic E-state index is 12.0. The summed E-state index contributed by atoms with van der Waals surface area (Å²) in [6, 6.07) is 8.62. The van der Waals surface area contributed by atoms with E-state index in [0.717, 1.165) is 5.56 Å². The normalized spacial score (nSPS) is 10.3. The Morgan fingerprint density at radius 1 is 1.35 bits per heavy atom.